The van der Waals surface area contributed by atoms with Gasteiger partial charge in [-0.2, -0.15) is 0 Å². The van der Waals surface area contributed by atoms with Crippen LogP contribution in [-0.4, -0.2) is 27.9 Å². The molecule has 0 saturated heterocycles. The average molecular weight is 351 g/mol. The second-order valence-electron chi connectivity index (χ2n) is 6.04. The molecule has 1 unspecified atom stereocenters. The fraction of sp³-hybridized carbons (Fsp3) is 0.250. The Kier molecular flexibility index (Phi) is 5.31. The van der Waals surface area contributed by atoms with Crippen LogP contribution in [0.15, 0.2) is 54.9 Å². The van der Waals surface area contributed by atoms with Crippen molar-refractivity contribution in [3.63, 3.8) is 0 Å². The van der Waals surface area contributed by atoms with Crippen molar-refractivity contribution in [2.45, 2.75) is 26.3 Å². The second-order valence-corrected chi connectivity index (χ2v) is 6.04. The van der Waals surface area contributed by atoms with Crippen LogP contribution < -0.4 is 5.32 Å². The van der Waals surface area contributed by atoms with Gasteiger partial charge in [0.05, 0.1) is 19.1 Å². The first kappa shape index (κ1) is 17.7. The number of carbonyl (C=O) groups excluding carboxylic acids is 2. The van der Waals surface area contributed by atoms with Gasteiger partial charge in [-0.15, -0.1) is 0 Å². The number of aromatic nitrogens is 2. The lowest BCUT2D eigenvalue weighted by Crippen LogP contribution is -2.30. The minimum absolute atomic E-state index is 0.0655. The Hall–Kier alpha value is -3.15. The van der Waals surface area contributed by atoms with Crippen molar-refractivity contribution in [1.29, 1.82) is 0 Å². The van der Waals surface area contributed by atoms with Crippen molar-refractivity contribution >= 4 is 17.5 Å². The molecule has 2 heterocycles. The number of aryl methyl sites for hydroxylation is 1. The first-order valence-electron chi connectivity index (χ1n) is 8.53. The highest BCUT2D eigenvalue weighted by molar-refractivity contribution is 5.93. The maximum Gasteiger partial charge on any atom is 0.308 e. The van der Waals surface area contributed by atoms with Crippen LogP contribution in [0, 0.1) is 6.92 Å². The molecule has 6 nitrogen and oxygen atoms in total. The molecule has 0 radical (unpaired) electrons. The summed E-state index contributed by atoms with van der Waals surface area (Å²) >= 11 is 0. The molecule has 2 aromatic heterocycles. The van der Waals surface area contributed by atoms with Crippen LogP contribution >= 0.6 is 0 Å². The lowest BCUT2D eigenvalue weighted by atomic mass is 10.0. The van der Waals surface area contributed by atoms with Crippen molar-refractivity contribution in [2.24, 2.45) is 0 Å². The van der Waals surface area contributed by atoms with E-state index >= 15 is 0 Å². The van der Waals surface area contributed by atoms with Gasteiger partial charge in [-0.3, -0.25) is 9.59 Å². The third-order valence-corrected chi connectivity index (χ3v) is 4.03. The van der Waals surface area contributed by atoms with Gasteiger partial charge in [-0.25, -0.2) is 4.98 Å². The molecule has 6 heteroatoms. The van der Waals surface area contributed by atoms with E-state index < -0.39 is 6.04 Å². The molecule has 1 atom stereocenters. The first-order chi connectivity index (χ1) is 12.6. The van der Waals surface area contributed by atoms with Crippen molar-refractivity contribution in [1.82, 2.24) is 14.7 Å². The quantitative estimate of drug-likeness (QED) is 0.693. The molecule has 0 spiro atoms. The van der Waals surface area contributed by atoms with Crippen LogP contribution in [0.25, 0.3) is 5.65 Å². The fourth-order valence-corrected chi connectivity index (χ4v) is 2.75. The predicted octanol–water partition coefficient (Wildman–Crippen LogP) is 3.07. The Bertz CT molecular complexity index is 918. The Labute approximate surface area is 151 Å². The molecule has 0 aliphatic heterocycles. The van der Waals surface area contributed by atoms with Gasteiger partial charge < -0.3 is 14.5 Å². The van der Waals surface area contributed by atoms with E-state index in [0.29, 0.717) is 17.9 Å². The number of nitrogens with zero attached hydrogens (tertiary/aromatic N) is 2. The van der Waals surface area contributed by atoms with Gasteiger partial charge in [-0.1, -0.05) is 30.3 Å². The van der Waals surface area contributed by atoms with Crippen molar-refractivity contribution in [3.8, 4) is 0 Å². The summed E-state index contributed by atoms with van der Waals surface area (Å²) in [6, 6.07) is 12.7. The molecule has 0 fully saturated rings. The monoisotopic (exact) mass is 351 g/mol. The molecule has 0 aliphatic carbocycles. The number of imidazole rings is 1. The molecule has 3 aromatic rings. The first-order valence-corrected chi connectivity index (χ1v) is 8.53. The number of rotatable bonds is 6. The summed E-state index contributed by atoms with van der Waals surface area (Å²) in [5.74, 6) is -0.684. The van der Waals surface area contributed by atoms with E-state index in [1.54, 1.807) is 17.5 Å². The summed E-state index contributed by atoms with van der Waals surface area (Å²) < 4.78 is 6.83. The summed E-state index contributed by atoms with van der Waals surface area (Å²) in [6.07, 6.45) is 3.61. The van der Waals surface area contributed by atoms with Crippen LogP contribution in [0.3, 0.4) is 0 Å². The van der Waals surface area contributed by atoms with Gasteiger partial charge in [0, 0.05) is 12.4 Å². The maximum atomic E-state index is 12.7. The zero-order valence-electron chi connectivity index (χ0n) is 14.8. The van der Waals surface area contributed by atoms with E-state index in [0.717, 1.165) is 11.1 Å². The standard InChI is InChI=1S/C20H21N3O3/c1-3-26-19(24)12-16(15-7-5-4-6-8-15)22-20(25)17-13-23-10-9-14(2)11-18(23)21-17/h4-11,13,16H,3,12H2,1-2H3,(H,22,25). The Morgan fingerprint density at radius 1 is 1.23 bits per heavy atom. The predicted molar refractivity (Wildman–Crippen MR) is 97.8 cm³/mol. The van der Waals surface area contributed by atoms with E-state index in [2.05, 4.69) is 10.3 Å². The van der Waals surface area contributed by atoms with Crippen LogP contribution in [0.2, 0.25) is 0 Å². The van der Waals surface area contributed by atoms with Gasteiger partial charge in [-0.05, 0) is 37.1 Å². The molecule has 1 aromatic carbocycles. The molecule has 3 rings (SSSR count). The largest absolute Gasteiger partial charge is 0.466 e. The molecule has 0 aliphatic rings. The highest BCUT2D eigenvalue weighted by Gasteiger charge is 2.21. The van der Waals surface area contributed by atoms with Gasteiger partial charge >= 0.3 is 5.97 Å². The molecule has 1 N–H and O–H groups in total. The minimum Gasteiger partial charge on any atom is -0.466 e. The van der Waals surface area contributed by atoms with Crippen molar-refractivity contribution in [2.75, 3.05) is 6.61 Å². The number of hydrogen-bond donors (Lipinski definition) is 1. The highest BCUT2D eigenvalue weighted by atomic mass is 16.5. The smallest absolute Gasteiger partial charge is 0.308 e. The molecule has 26 heavy (non-hydrogen) atoms. The summed E-state index contributed by atoms with van der Waals surface area (Å²) in [5.41, 5.74) is 2.92. The average Bonchev–Trinajstić information content (AvgIpc) is 3.05. The summed E-state index contributed by atoms with van der Waals surface area (Å²) in [4.78, 5) is 29.0. The van der Waals surface area contributed by atoms with Crippen molar-refractivity contribution in [3.05, 3.63) is 71.7 Å². The summed E-state index contributed by atoms with van der Waals surface area (Å²) in [5, 5.41) is 2.90. The summed E-state index contributed by atoms with van der Waals surface area (Å²) in [7, 11) is 0. The van der Waals surface area contributed by atoms with E-state index in [1.807, 2.05) is 55.6 Å². The van der Waals surface area contributed by atoms with Crippen molar-refractivity contribution < 1.29 is 14.3 Å². The number of esters is 1. The van der Waals surface area contributed by atoms with Gasteiger partial charge in [0.1, 0.15) is 11.3 Å². The zero-order chi connectivity index (χ0) is 18.5. The van der Waals surface area contributed by atoms with Crippen LogP contribution in [-0.2, 0) is 9.53 Å². The molecule has 0 saturated carbocycles. The van der Waals surface area contributed by atoms with Gasteiger partial charge in [0.25, 0.3) is 5.91 Å². The molecule has 134 valence electrons. The van der Waals surface area contributed by atoms with Gasteiger partial charge in [0.15, 0.2) is 0 Å². The normalized spacial score (nSPS) is 11.9. The molecule has 1 amide bonds. The minimum atomic E-state index is -0.478. The molecule has 0 bridgehead atoms. The molecular weight excluding hydrogens is 330 g/mol. The lowest BCUT2D eigenvalue weighted by molar-refractivity contribution is -0.143. The van der Waals surface area contributed by atoms with Crippen LogP contribution in [0.4, 0.5) is 0 Å². The number of fused-ring (bicyclic) bond motifs is 1. The fourth-order valence-electron chi connectivity index (χ4n) is 2.75. The number of amides is 1. The Morgan fingerprint density at radius 2 is 2.00 bits per heavy atom. The van der Waals surface area contributed by atoms with E-state index in [-0.39, 0.29) is 18.3 Å². The van der Waals surface area contributed by atoms with E-state index in [1.165, 1.54) is 0 Å². The van der Waals surface area contributed by atoms with E-state index in [9.17, 15) is 9.59 Å². The number of hydrogen-bond acceptors (Lipinski definition) is 4. The second kappa shape index (κ2) is 7.82. The van der Waals surface area contributed by atoms with E-state index in [4.69, 9.17) is 4.74 Å². The lowest BCUT2D eigenvalue weighted by Gasteiger charge is -2.18. The Balaban J connectivity index is 1.82. The number of benzene rings is 1. The van der Waals surface area contributed by atoms with Crippen LogP contribution in [0.1, 0.15) is 41.0 Å². The maximum absolute atomic E-state index is 12.7. The number of ether oxygens (including phenoxy) is 1. The van der Waals surface area contributed by atoms with Gasteiger partial charge in [0.2, 0.25) is 0 Å². The third kappa shape index (κ3) is 4.08. The number of nitrogens with one attached hydrogen (secondary N) is 1. The zero-order valence-corrected chi connectivity index (χ0v) is 14.8. The van der Waals surface area contributed by atoms with Crippen LogP contribution in [0.5, 0.6) is 0 Å². The highest BCUT2D eigenvalue weighted by Crippen LogP contribution is 2.18. The topological polar surface area (TPSA) is 72.7 Å². The summed E-state index contributed by atoms with van der Waals surface area (Å²) in [6.45, 7) is 4.03. The third-order valence-electron chi connectivity index (χ3n) is 4.03. The molecular formula is C20H21N3O3. The SMILES string of the molecule is CCOC(=O)CC(NC(=O)c1cn2ccc(C)cc2n1)c1ccccc1. The number of carbonyl (C=O) groups is 2. The number of pyridine rings is 1. The Morgan fingerprint density at radius 3 is 2.73 bits per heavy atom.